The maximum absolute atomic E-state index is 12.6. The maximum atomic E-state index is 12.6. The summed E-state index contributed by atoms with van der Waals surface area (Å²) in [6.45, 7) is 8.32. The molecule has 0 saturated heterocycles. The number of thioether (sulfide) groups is 1. The molecule has 2 heterocycles. The van der Waals surface area contributed by atoms with Gasteiger partial charge in [0, 0.05) is 17.3 Å². The molecule has 0 unspecified atom stereocenters. The minimum atomic E-state index is -0.351. The summed E-state index contributed by atoms with van der Waals surface area (Å²) in [6, 6.07) is 7.33. The van der Waals surface area contributed by atoms with Crippen LogP contribution in [0.5, 0.6) is 0 Å². The van der Waals surface area contributed by atoms with E-state index in [1.165, 1.54) is 11.8 Å². The molecule has 1 amide bonds. The van der Waals surface area contributed by atoms with Crippen molar-refractivity contribution in [3.8, 4) is 11.4 Å². The van der Waals surface area contributed by atoms with Crippen molar-refractivity contribution in [3.05, 3.63) is 46.9 Å². The molecule has 0 aliphatic heterocycles. The Balaban J connectivity index is 1.77. The molecule has 1 aromatic carbocycles. The first kappa shape index (κ1) is 19.5. The Labute approximate surface area is 167 Å². The molecule has 0 aliphatic rings. The van der Waals surface area contributed by atoms with Crippen molar-refractivity contribution in [2.75, 3.05) is 5.32 Å². The van der Waals surface area contributed by atoms with Gasteiger partial charge in [0.25, 0.3) is 0 Å². The Morgan fingerprint density at radius 1 is 1.33 bits per heavy atom. The number of halogens is 1. The number of aryl methyl sites for hydroxylation is 1. The molecule has 2 aromatic heterocycles. The lowest BCUT2D eigenvalue weighted by Crippen LogP contribution is -2.23. The standard InChI is InChI=1S/C19H21ClN4O2S/c1-5-24-17(14-9-10-26-12(14)3)22-23-19(24)27-13(4)18(25)21-16-8-6-7-15(20)11(16)2/h6-10,13H,5H2,1-4H3,(H,21,25)/t13-/m0/s1. The second-order valence-corrected chi connectivity index (χ2v) is 7.82. The SMILES string of the molecule is CCn1c(S[C@@H](C)C(=O)Nc2cccc(Cl)c2C)nnc1-c1ccoc1C. The number of carbonyl (C=O) groups excluding carboxylic acids is 1. The molecule has 0 aliphatic carbocycles. The molecule has 0 spiro atoms. The monoisotopic (exact) mass is 404 g/mol. The summed E-state index contributed by atoms with van der Waals surface area (Å²) in [7, 11) is 0. The fraction of sp³-hybridized carbons (Fsp3) is 0.316. The zero-order valence-corrected chi connectivity index (χ0v) is 17.2. The molecule has 0 radical (unpaired) electrons. The number of furan rings is 1. The van der Waals surface area contributed by atoms with Crippen LogP contribution in [0.4, 0.5) is 5.69 Å². The van der Waals surface area contributed by atoms with E-state index in [0.717, 1.165) is 22.7 Å². The quantitative estimate of drug-likeness (QED) is 0.588. The molecule has 0 fully saturated rings. The topological polar surface area (TPSA) is 73.0 Å². The number of benzene rings is 1. The average molecular weight is 405 g/mol. The van der Waals surface area contributed by atoms with Crippen molar-refractivity contribution < 1.29 is 9.21 Å². The highest BCUT2D eigenvalue weighted by molar-refractivity contribution is 8.00. The highest BCUT2D eigenvalue weighted by Gasteiger charge is 2.22. The highest BCUT2D eigenvalue weighted by Crippen LogP contribution is 2.30. The summed E-state index contributed by atoms with van der Waals surface area (Å²) >= 11 is 7.49. The summed E-state index contributed by atoms with van der Waals surface area (Å²) in [5.74, 6) is 1.41. The van der Waals surface area contributed by atoms with Crippen LogP contribution < -0.4 is 5.32 Å². The van der Waals surface area contributed by atoms with Crippen molar-refractivity contribution in [1.29, 1.82) is 0 Å². The predicted molar refractivity (Wildman–Crippen MR) is 108 cm³/mol. The molecule has 1 N–H and O–H groups in total. The Morgan fingerprint density at radius 3 is 2.78 bits per heavy atom. The first-order valence-electron chi connectivity index (χ1n) is 8.62. The summed E-state index contributed by atoms with van der Waals surface area (Å²) in [6.07, 6.45) is 1.63. The molecule has 3 rings (SSSR count). The molecular weight excluding hydrogens is 384 g/mol. The maximum Gasteiger partial charge on any atom is 0.237 e. The molecule has 3 aromatic rings. The van der Waals surface area contributed by atoms with E-state index < -0.39 is 0 Å². The summed E-state index contributed by atoms with van der Waals surface area (Å²) in [4.78, 5) is 12.6. The van der Waals surface area contributed by atoms with Crippen LogP contribution in [0.3, 0.4) is 0 Å². The number of hydrogen-bond acceptors (Lipinski definition) is 5. The second-order valence-electron chi connectivity index (χ2n) is 6.10. The lowest BCUT2D eigenvalue weighted by molar-refractivity contribution is -0.115. The number of rotatable bonds is 6. The first-order chi connectivity index (χ1) is 12.9. The van der Waals surface area contributed by atoms with Crippen LogP contribution >= 0.6 is 23.4 Å². The Bertz CT molecular complexity index is 967. The Hall–Kier alpha value is -2.25. The number of nitrogens with one attached hydrogen (secondary N) is 1. The van der Waals surface area contributed by atoms with Crippen molar-refractivity contribution in [2.45, 2.75) is 44.6 Å². The van der Waals surface area contributed by atoms with Gasteiger partial charge in [-0.15, -0.1) is 10.2 Å². The third-order valence-electron chi connectivity index (χ3n) is 4.31. The van der Waals surface area contributed by atoms with E-state index in [9.17, 15) is 4.79 Å². The van der Waals surface area contributed by atoms with Gasteiger partial charge in [0.05, 0.1) is 17.1 Å². The molecular formula is C19H21ClN4O2S. The van der Waals surface area contributed by atoms with Crippen LogP contribution in [-0.2, 0) is 11.3 Å². The summed E-state index contributed by atoms with van der Waals surface area (Å²) < 4.78 is 7.35. The number of anilines is 1. The van der Waals surface area contributed by atoms with E-state index in [2.05, 4.69) is 15.5 Å². The zero-order chi connectivity index (χ0) is 19.6. The molecule has 6 nitrogen and oxygen atoms in total. The van der Waals surface area contributed by atoms with Gasteiger partial charge in [0.15, 0.2) is 11.0 Å². The predicted octanol–water partition coefficient (Wildman–Crippen LogP) is 4.95. The minimum absolute atomic E-state index is 0.114. The molecule has 142 valence electrons. The van der Waals surface area contributed by atoms with Crippen LogP contribution in [0.1, 0.15) is 25.2 Å². The molecule has 8 heteroatoms. The number of amides is 1. The van der Waals surface area contributed by atoms with E-state index in [0.29, 0.717) is 22.4 Å². The molecule has 27 heavy (non-hydrogen) atoms. The van der Waals surface area contributed by atoms with Gasteiger partial charge in [0.2, 0.25) is 5.91 Å². The third kappa shape index (κ3) is 4.04. The van der Waals surface area contributed by atoms with Crippen molar-refractivity contribution >= 4 is 35.0 Å². The number of nitrogens with zero attached hydrogens (tertiary/aromatic N) is 3. The van der Waals surface area contributed by atoms with Crippen LogP contribution in [0.25, 0.3) is 11.4 Å². The average Bonchev–Trinajstić information content (AvgIpc) is 3.24. The van der Waals surface area contributed by atoms with Gasteiger partial charge >= 0.3 is 0 Å². The number of aromatic nitrogens is 3. The van der Waals surface area contributed by atoms with E-state index in [1.807, 2.05) is 50.5 Å². The largest absolute Gasteiger partial charge is 0.469 e. The second kappa shape index (κ2) is 8.19. The normalized spacial score (nSPS) is 12.2. The van der Waals surface area contributed by atoms with Gasteiger partial charge in [-0.2, -0.15) is 0 Å². The summed E-state index contributed by atoms with van der Waals surface area (Å²) in [5, 5.41) is 12.5. The van der Waals surface area contributed by atoms with Crippen molar-refractivity contribution in [3.63, 3.8) is 0 Å². The smallest absolute Gasteiger partial charge is 0.237 e. The van der Waals surface area contributed by atoms with Gasteiger partial charge in [-0.3, -0.25) is 4.79 Å². The van der Waals surface area contributed by atoms with Gasteiger partial charge in [-0.25, -0.2) is 0 Å². The van der Waals surface area contributed by atoms with Crippen LogP contribution in [-0.4, -0.2) is 25.9 Å². The highest BCUT2D eigenvalue weighted by atomic mass is 35.5. The number of hydrogen-bond donors (Lipinski definition) is 1. The summed E-state index contributed by atoms with van der Waals surface area (Å²) in [5.41, 5.74) is 2.47. The van der Waals surface area contributed by atoms with Crippen molar-refractivity contribution in [1.82, 2.24) is 14.8 Å². The van der Waals surface area contributed by atoms with E-state index in [4.69, 9.17) is 16.0 Å². The lowest BCUT2D eigenvalue weighted by Gasteiger charge is -2.14. The third-order valence-corrected chi connectivity index (χ3v) is 5.80. The van der Waals surface area contributed by atoms with Gasteiger partial charge < -0.3 is 14.3 Å². The van der Waals surface area contributed by atoms with Crippen LogP contribution in [0.15, 0.2) is 40.1 Å². The van der Waals surface area contributed by atoms with Crippen LogP contribution in [0, 0.1) is 13.8 Å². The van der Waals surface area contributed by atoms with E-state index >= 15 is 0 Å². The van der Waals surface area contributed by atoms with Gasteiger partial charge in [-0.05, 0) is 51.5 Å². The molecule has 0 saturated carbocycles. The fourth-order valence-corrected chi connectivity index (χ4v) is 3.75. The molecule has 1 atom stereocenters. The first-order valence-corrected chi connectivity index (χ1v) is 9.88. The van der Waals surface area contributed by atoms with E-state index in [1.54, 1.807) is 12.3 Å². The zero-order valence-electron chi connectivity index (χ0n) is 15.6. The van der Waals surface area contributed by atoms with Gasteiger partial charge in [0.1, 0.15) is 5.76 Å². The van der Waals surface area contributed by atoms with Gasteiger partial charge in [-0.1, -0.05) is 29.4 Å². The Kier molecular flexibility index (Phi) is 5.92. The van der Waals surface area contributed by atoms with E-state index in [-0.39, 0.29) is 11.2 Å². The Morgan fingerprint density at radius 2 is 2.11 bits per heavy atom. The minimum Gasteiger partial charge on any atom is -0.469 e. The fourth-order valence-electron chi connectivity index (χ4n) is 2.67. The van der Waals surface area contributed by atoms with Crippen LogP contribution in [0.2, 0.25) is 5.02 Å². The van der Waals surface area contributed by atoms with Crippen molar-refractivity contribution in [2.24, 2.45) is 0 Å². The number of carbonyl (C=O) groups is 1. The molecule has 0 bridgehead atoms. The lowest BCUT2D eigenvalue weighted by atomic mass is 10.2.